The van der Waals surface area contributed by atoms with Crippen LogP contribution in [0.2, 0.25) is 0 Å². The topological polar surface area (TPSA) is 46.5 Å². The van der Waals surface area contributed by atoms with Crippen molar-refractivity contribution in [1.82, 2.24) is 0 Å². The molecule has 0 aliphatic carbocycles. The van der Waals surface area contributed by atoms with Crippen LogP contribution in [0.5, 0.6) is 5.75 Å². The van der Waals surface area contributed by atoms with Crippen LogP contribution in [0.15, 0.2) is 28.7 Å². The Kier molecular flexibility index (Phi) is 5.63. The number of aliphatic carboxylic acids is 1. The fraction of sp³-hybridized carbons (Fsp3) is 0.562. The van der Waals surface area contributed by atoms with Crippen molar-refractivity contribution in [3.63, 3.8) is 0 Å². The number of carbonyl (C=O) groups is 1. The van der Waals surface area contributed by atoms with Gasteiger partial charge in [-0.2, -0.15) is 0 Å². The fourth-order valence-corrected chi connectivity index (χ4v) is 2.74. The lowest BCUT2D eigenvalue weighted by molar-refractivity contribution is -0.148. The minimum absolute atomic E-state index is 0.0755. The van der Waals surface area contributed by atoms with E-state index in [1.807, 2.05) is 24.3 Å². The second kappa shape index (κ2) is 6.61. The van der Waals surface area contributed by atoms with Crippen molar-refractivity contribution in [3.05, 3.63) is 28.7 Å². The maximum atomic E-state index is 11.2. The van der Waals surface area contributed by atoms with E-state index in [1.165, 1.54) is 0 Å². The molecule has 0 amide bonds. The molecule has 1 rings (SSSR count). The van der Waals surface area contributed by atoms with Gasteiger partial charge in [0.15, 0.2) is 0 Å². The van der Waals surface area contributed by atoms with E-state index in [-0.39, 0.29) is 5.41 Å². The molecule has 0 radical (unpaired) electrons. The average molecular weight is 343 g/mol. The molecule has 112 valence electrons. The predicted octanol–water partition coefficient (Wildman–Crippen LogP) is 4.75. The normalized spacial score (nSPS) is 12.2. The van der Waals surface area contributed by atoms with E-state index in [4.69, 9.17) is 4.74 Å². The van der Waals surface area contributed by atoms with Gasteiger partial charge in [-0.05, 0) is 50.3 Å². The summed E-state index contributed by atoms with van der Waals surface area (Å²) in [6.07, 6.45) is 1.44. The Morgan fingerprint density at radius 3 is 2.50 bits per heavy atom. The van der Waals surface area contributed by atoms with Gasteiger partial charge in [0, 0.05) is 4.47 Å². The summed E-state index contributed by atoms with van der Waals surface area (Å²) in [4.78, 5) is 11.2. The number of benzene rings is 1. The molecule has 0 aromatic heterocycles. The summed E-state index contributed by atoms with van der Waals surface area (Å²) in [6.45, 7) is 8.29. The van der Waals surface area contributed by atoms with Gasteiger partial charge in [-0.15, -0.1) is 0 Å². The molecular formula is C16H23BrO3. The summed E-state index contributed by atoms with van der Waals surface area (Å²) in [6, 6.07) is 7.72. The highest BCUT2D eigenvalue weighted by molar-refractivity contribution is 9.10. The van der Waals surface area contributed by atoms with Crippen LogP contribution in [-0.2, 0) is 4.79 Å². The van der Waals surface area contributed by atoms with E-state index < -0.39 is 11.4 Å². The van der Waals surface area contributed by atoms with E-state index in [9.17, 15) is 9.90 Å². The first-order valence-corrected chi connectivity index (χ1v) is 7.53. The third-order valence-corrected chi connectivity index (χ3v) is 3.84. The molecular weight excluding hydrogens is 320 g/mol. The first kappa shape index (κ1) is 17.0. The quantitative estimate of drug-likeness (QED) is 0.777. The number of carboxylic acids is 1. The zero-order valence-electron chi connectivity index (χ0n) is 12.6. The van der Waals surface area contributed by atoms with E-state index >= 15 is 0 Å². The van der Waals surface area contributed by atoms with Crippen LogP contribution in [0.3, 0.4) is 0 Å². The maximum Gasteiger partial charge on any atom is 0.309 e. The van der Waals surface area contributed by atoms with Crippen molar-refractivity contribution in [2.75, 3.05) is 6.61 Å². The number of rotatable bonds is 7. The van der Waals surface area contributed by atoms with Crippen LogP contribution in [-0.4, -0.2) is 17.7 Å². The second-order valence-corrected chi connectivity index (χ2v) is 7.50. The third-order valence-electron chi connectivity index (χ3n) is 3.34. The Morgan fingerprint density at radius 2 is 1.95 bits per heavy atom. The molecule has 3 nitrogen and oxygen atoms in total. The largest absolute Gasteiger partial charge is 0.494 e. The summed E-state index contributed by atoms with van der Waals surface area (Å²) in [5, 5.41) is 9.20. The van der Waals surface area contributed by atoms with Crippen molar-refractivity contribution in [2.45, 2.75) is 40.5 Å². The van der Waals surface area contributed by atoms with Crippen LogP contribution in [0.4, 0.5) is 0 Å². The first-order chi connectivity index (χ1) is 9.12. The van der Waals surface area contributed by atoms with Gasteiger partial charge in [-0.25, -0.2) is 0 Å². The van der Waals surface area contributed by atoms with Crippen molar-refractivity contribution < 1.29 is 14.6 Å². The minimum atomic E-state index is -0.751. The molecule has 0 saturated heterocycles. The number of ether oxygens (including phenoxy) is 1. The SMILES string of the molecule is CC(C)(CCOc1cccc(Br)c1)CC(C)(C)C(=O)O. The molecule has 0 unspecified atom stereocenters. The molecule has 1 N–H and O–H groups in total. The van der Waals surface area contributed by atoms with E-state index in [1.54, 1.807) is 13.8 Å². The van der Waals surface area contributed by atoms with Crippen LogP contribution in [0, 0.1) is 10.8 Å². The maximum absolute atomic E-state index is 11.2. The third kappa shape index (κ3) is 5.53. The van der Waals surface area contributed by atoms with E-state index in [0.29, 0.717) is 13.0 Å². The average Bonchev–Trinajstić information content (AvgIpc) is 2.26. The number of halogens is 1. The van der Waals surface area contributed by atoms with Crippen LogP contribution in [0.25, 0.3) is 0 Å². The monoisotopic (exact) mass is 342 g/mol. The Bertz CT molecular complexity index is 467. The molecule has 0 aliphatic rings. The molecule has 0 bridgehead atoms. The highest BCUT2D eigenvalue weighted by Gasteiger charge is 2.34. The lowest BCUT2D eigenvalue weighted by Gasteiger charge is -2.32. The van der Waals surface area contributed by atoms with Gasteiger partial charge in [0.05, 0.1) is 12.0 Å². The molecule has 0 fully saturated rings. The van der Waals surface area contributed by atoms with Gasteiger partial charge in [0.2, 0.25) is 0 Å². The predicted molar refractivity (Wildman–Crippen MR) is 84.1 cm³/mol. The Morgan fingerprint density at radius 1 is 1.30 bits per heavy atom. The van der Waals surface area contributed by atoms with Gasteiger partial charge >= 0.3 is 5.97 Å². The standard InChI is InChI=1S/C16H23BrO3/c1-15(2,11-16(3,4)14(18)19)8-9-20-13-7-5-6-12(17)10-13/h5-7,10H,8-9,11H2,1-4H3,(H,18,19). The van der Waals surface area contributed by atoms with Crippen LogP contribution in [0.1, 0.15) is 40.5 Å². The van der Waals surface area contributed by atoms with Crippen molar-refractivity contribution >= 4 is 21.9 Å². The molecule has 0 atom stereocenters. The Balaban J connectivity index is 2.49. The molecule has 1 aromatic carbocycles. The number of hydrogen-bond acceptors (Lipinski definition) is 2. The summed E-state index contributed by atoms with van der Waals surface area (Å²) in [7, 11) is 0. The zero-order chi connectivity index (χ0) is 15.4. The minimum Gasteiger partial charge on any atom is -0.494 e. The second-order valence-electron chi connectivity index (χ2n) is 6.59. The smallest absolute Gasteiger partial charge is 0.309 e. The van der Waals surface area contributed by atoms with Crippen molar-refractivity contribution in [1.29, 1.82) is 0 Å². The van der Waals surface area contributed by atoms with Crippen LogP contribution >= 0.6 is 15.9 Å². The Hall–Kier alpha value is -1.03. The molecule has 1 aromatic rings. The summed E-state index contributed by atoms with van der Waals surface area (Å²) < 4.78 is 6.71. The molecule has 0 saturated carbocycles. The fourth-order valence-electron chi connectivity index (χ4n) is 2.36. The molecule has 0 spiro atoms. The number of carboxylic acid groups (broad SMARTS) is 1. The van der Waals surface area contributed by atoms with Gasteiger partial charge in [-0.3, -0.25) is 4.79 Å². The number of hydrogen-bond donors (Lipinski definition) is 1. The zero-order valence-corrected chi connectivity index (χ0v) is 14.2. The molecule has 0 aliphatic heterocycles. The lowest BCUT2D eigenvalue weighted by atomic mass is 9.73. The molecule has 20 heavy (non-hydrogen) atoms. The molecule has 4 heteroatoms. The summed E-state index contributed by atoms with van der Waals surface area (Å²) in [5.74, 6) is 0.0751. The summed E-state index contributed by atoms with van der Waals surface area (Å²) in [5.41, 5.74) is -0.785. The van der Waals surface area contributed by atoms with Gasteiger partial charge in [-0.1, -0.05) is 35.8 Å². The first-order valence-electron chi connectivity index (χ1n) is 6.74. The van der Waals surface area contributed by atoms with Crippen LogP contribution < -0.4 is 4.74 Å². The van der Waals surface area contributed by atoms with Crippen molar-refractivity contribution in [2.24, 2.45) is 10.8 Å². The highest BCUT2D eigenvalue weighted by atomic mass is 79.9. The van der Waals surface area contributed by atoms with E-state index in [2.05, 4.69) is 29.8 Å². The summed E-state index contributed by atoms with van der Waals surface area (Å²) >= 11 is 3.40. The van der Waals surface area contributed by atoms with Gasteiger partial charge in [0.25, 0.3) is 0 Å². The molecule has 0 heterocycles. The van der Waals surface area contributed by atoms with Gasteiger partial charge < -0.3 is 9.84 Å². The Labute approximate surface area is 129 Å². The van der Waals surface area contributed by atoms with Gasteiger partial charge in [0.1, 0.15) is 5.75 Å². The van der Waals surface area contributed by atoms with E-state index in [0.717, 1.165) is 16.6 Å². The van der Waals surface area contributed by atoms with Crippen molar-refractivity contribution in [3.8, 4) is 5.75 Å². The highest BCUT2D eigenvalue weighted by Crippen LogP contribution is 2.36. The lowest BCUT2D eigenvalue weighted by Crippen LogP contribution is -2.31.